The molecule has 3 N–H and O–H groups in total. The molecule has 0 aromatic rings. The molecular formula is C9H16N4O3S. The molecule has 0 aromatic carbocycles. The predicted octanol–water partition coefficient (Wildman–Crippen LogP) is -1.50. The Hall–Kier alpha value is -0.380. The second-order valence-corrected chi connectivity index (χ2v) is 5.65. The fraction of sp³-hybridized carbons (Fsp3) is 0.889. The van der Waals surface area contributed by atoms with Crippen molar-refractivity contribution in [3.8, 4) is 0 Å². The van der Waals surface area contributed by atoms with Gasteiger partial charge in [0.15, 0.2) is 0 Å². The molecular weight excluding hydrogens is 244 g/mol. The van der Waals surface area contributed by atoms with E-state index in [4.69, 9.17) is 9.94 Å². The highest BCUT2D eigenvalue weighted by molar-refractivity contribution is 8.00. The summed E-state index contributed by atoms with van der Waals surface area (Å²) in [5, 5.41) is 17.1. The molecule has 0 amide bonds. The van der Waals surface area contributed by atoms with Gasteiger partial charge in [-0.2, -0.15) is 0 Å². The Morgan fingerprint density at radius 2 is 2.59 bits per heavy atom. The van der Waals surface area contributed by atoms with Gasteiger partial charge in [-0.25, -0.2) is 4.90 Å². The molecule has 8 heteroatoms. The molecule has 0 aliphatic carbocycles. The van der Waals surface area contributed by atoms with E-state index in [0.717, 1.165) is 6.54 Å². The van der Waals surface area contributed by atoms with Crippen molar-refractivity contribution in [2.24, 2.45) is 0 Å². The number of nitrogens with zero attached hydrogens (tertiary/aromatic N) is 2. The van der Waals surface area contributed by atoms with E-state index in [1.165, 1.54) is 0 Å². The predicted molar refractivity (Wildman–Crippen MR) is 62.0 cm³/mol. The Morgan fingerprint density at radius 1 is 1.76 bits per heavy atom. The van der Waals surface area contributed by atoms with Gasteiger partial charge in [0.05, 0.1) is 13.3 Å². The monoisotopic (exact) mass is 260 g/mol. The Kier molecular flexibility index (Phi) is 2.80. The van der Waals surface area contributed by atoms with Crippen LogP contribution >= 0.6 is 11.8 Å². The van der Waals surface area contributed by atoms with Crippen LogP contribution in [-0.2, 0) is 9.63 Å². The first-order chi connectivity index (χ1) is 8.17. The molecule has 3 rings (SSSR count). The molecule has 96 valence electrons. The van der Waals surface area contributed by atoms with Crippen LogP contribution in [0, 0.1) is 0 Å². The first-order valence-electron chi connectivity index (χ1n) is 5.64. The zero-order valence-corrected chi connectivity index (χ0v) is 10.4. The summed E-state index contributed by atoms with van der Waals surface area (Å²) in [4.78, 5) is 18.7. The van der Waals surface area contributed by atoms with Crippen molar-refractivity contribution in [2.45, 2.75) is 17.2 Å². The third-order valence-electron chi connectivity index (χ3n) is 3.39. The van der Waals surface area contributed by atoms with Crippen LogP contribution in [0.1, 0.15) is 0 Å². The zero-order valence-electron chi connectivity index (χ0n) is 9.55. The molecule has 3 atom stereocenters. The van der Waals surface area contributed by atoms with Crippen LogP contribution in [-0.4, -0.2) is 70.9 Å². The number of carboxylic acid groups (broad SMARTS) is 1. The van der Waals surface area contributed by atoms with Crippen molar-refractivity contribution in [1.82, 2.24) is 20.6 Å². The van der Waals surface area contributed by atoms with Crippen LogP contribution < -0.4 is 10.6 Å². The number of carboxylic acids is 1. The molecule has 3 saturated heterocycles. The average Bonchev–Trinajstić information content (AvgIpc) is 2.54. The van der Waals surface area contributed by atoms with Gasteiger partial charge in [0.2, 0.25) is 5.12 Å². The van der Waals surface area contributed by atoms with Crippen LogP contribution in [0.4, 0.5) is 0 Å². The minimum absolute atomic E-state index is 0.207. The SMILES string of the molecule is CNCC1CON2CN3C(C(=O)O)CS[C@]23N1. The number of rotatable bonds is 3. The molecule has 2 unspecified atom stereocenters. The fourth-order valence-electron chi connectivity index (χ4n) is 2.52. The van der Waals surface area contributed by atoms with Crippen LogP contribution in [0.25, 0.3) is 0 Å². The van der Waals surface area contributed by atoms with Crippen LogP contribution in [0.5, 0.6) is 0 Å². The van der Waals surface area contributed by atoms with Gasteiger partial charge < -0.3 is 10.4 Å². The molecule has 0 saturated carbocycles. The van der Waals surface area contributed by atoms with Gasteiger partial charge in [-0.05, 0) is 7.05 Å². The molecule has 3 heterocycles. The number of hydrogen-bond acceptors (Lipinski definition) is 7. The van der Waals surface area contributed by atoms with Gasteiger partial charge in [0.25, 0.3) is 0 Å². The molecule has 1 spiro atoms. The Labute approximate surface area is 103 Å². The average molecular weight is 260 g/mol. The van der Waals surface area contributed by atoms with Crippen molar-refractivity contribution in [3.05, 3.63) is 0 Å². The van der Waals surface area contributed by atoms with E-state index in [0.29, 0.717) is 19.0 Å². The second kappa shape index (κ2) is 4.08. The van der Waals surface area contributed by atoms with Crippen LogP contribution in [0.2, 0.25) is 0 Å². The molecule has 0 bridgehead atoms. The largest absolute Gasteiger partial charge is 0.480 e. The lowest BCUT2D eigenvalue weighted by Crippen LogP contribution is -2.82. The van der Waals surface area contributed by atoms with Crippen molar-refractivity contribution in [2.75, 3.05) is 32.6 Å². The maximum atomic E-state index is 11.1. The van der Waals surface area contributed by atoms with E-state index < -0.39 is 17.1 Å². The Bertz CT molecular complexity index is 344. The van der Waals surface area contributed by atoms with Gasteiger partial charge in [-0.15, -0.1) is 16.8 Å². The lowest BCUT2D eigenvalue weighted by molar-refractivity contribution is -0.363. The summed E-state index contributed by atoms with van der Waals surface area (Å²) in [7, 11) is 1.89. The summed E-state index contributed by atoms with van der Waals surface area (Å²) < 4.78 is 0. The summed E-state index contributed by atoms with van der Waals surface area (Å²) in [5.41, 5.74) is 0. The smallest absolute Gasteiger partial charge is 0.321 e. The van der Waals surface area contributed by atoms with Gasteiger partial charge in [-0.3, -0.25) is 14.9 Å². The van der Waals surface area contributed by atoms with Crippen molar-refractivity contribution in [1.29, 1.82) is 0 Å². The first-order valence-corrected chi connectivity index (χ1v) is 6.62. The quantitative estimate of drug-likeness (QED) is 0.566. The van der Waals surface area contributed by atoms with E-state index in [2.05, 4.69) is 10.6 Å². The van der Waals surface area contributed by atoms with Crippen molar-refractivity contribution < 1.29 is 14.7 Å². The second-order valence-electron chi connectivity index (χ2n) is 4.46. The van der Waals surface area contributed by atoms with Crippen LogP contribution in [0.3, 0.4) is 0 Å². The van der Waals surface area contributed by atoms with Crippen molar-refractivity contribution in [3.63, 3.8) is 0 Å². The molecule has 3 aliphatic rings. The highest BCUT2D eigenvalue weighted by atomic mass is 32.2. The topological polar surface area (TPSA) is 77.1 Å². The van der Waals surface area contributed by atoms with Crippen LogP contribution in [0.15, 0.2) is 0 Å². The number of nitrogens with one attached hydrogen (secondary N) is 2. The standard InChI is InChI=1S/C9H16N4O3S/c1-10-2-6-3-16-13-5-12-7(8(14)15)4-17-9(12,13)11-6/h6-7,10-11H,2-5H2,1H3,(H,14,15)/t6?,7?,9-/m0/s1. The third-order valence-corrected chi connectivity index (χ3v) is 4.83. The molecule has 7 nitrogen and oxygen atoms in total. The minimum Gasteiger partial charge on any atom is -0.480 e. The molecule has 3 aliphatic heterocycles. The molecule has 0 radical (unpaired) electrons. The van der Waals surface area contributed by atoms with Gasteiger partial charge in [-0.1, -0.05) is 0 Å². The van der Waals surface area contributed by atoms with E-state index in [1.807, 2.05) is 17.0 Å². The Balaban J connectivity index is 1.74. The summed E-state index contributed by atoms with van der Waals surface area (Å²) in [6.45, 7) is 1.99. The van der Waals surface area contributed by atoms with Gasteiger partial charge in [0, 0.05) is 18.3 Å². The van der Waals surface area contributed by atoms with Gasteiger partial charge >= 0.3 is 5.97 Å². The highest BCUT2D eigenvalue weighted by Crippen LogP contribution is 2.48. The fourth-order valence-corrected chi connectivity index (χ4v) is 4.09. The maximum absolute atomic E-state index is 11.1. The molecule has 3 fully saturated rings. The lowest BCUT2D eigenvalue weighted by atomic mass is 10.2. The zero-order chi connectivity index (χ0) is 12.0. The summed E-state index contributed by atoms with van der Waals surface area (Å²) in [6.07, 6.45) is 0. The van der Waals surface area contributed by atoms with Gasteiger partial charge in [0.1, 0.15) is 6.04 Å². The molecule has 17 heavy (non-hydrogen) atoms. The van der Waals surface area contributed by atoms with Crippen molar-refractivity contribution >= 4 is 17.7 Å². The number of aliphatic carboxylic acids is 1. The maximum Gasteiger partial charge on any atom is 0.321 e. The summed E-state index contributed by atoms with van der Waals surface area (Å²) in [5.74, 6) is -0.166. The van der Waals surface area contributed by atoms with E-state index in [1.54, 1.807) is 11.8 Å². The van der Waals surface area contributed by atoms with E-state index in [-0.39, 0.29) is 6.04 Å². The first kappa shape index (κ1) is 11.7. The normalized spacial score (nSPS) is 41.7. The highest BCUT2D eigenvalue weighted by Gasteiger charge is 2.64. The van der Waals surface area contributed by atoms with E-state index in [9.17, 15) is 4.79 Å². The van der Waals surface area contributed by atoms with E-state index >= 15 is 0 Å². The number of likely N-dealkylation sites (N-methyl/N-ethyl adjacent to an activating group) is 1. The number of thioether (sulfide) groups is 1. The lowest BCUT2D eigenvalue weighted by Gasteiger charge is -2.59. The molecule has 0 aromatic heterocycles. The number of carbonyl (C=O) groups is 1. The summed E-state index contributed by atoms with van der Waals surface area (Å²) >= 11 is 1.60. The minimum atomic E-state index is -0.758. The number of hydrogen-bond donors (Lipinski definition) is 3. The third kappa shape index (κ3) is 1.60. The summed E-state index contributed by atoms with van der Waals surface area (Å²) in [6, 6.07) is -0.209. The number of hydroxylamine groups is 2. The Morgan fingerprint density at radius 3 is 3.29 bits per heavy atom.